The number of hydrogen-bond acceptors (Lipinski definition) is 6. The van der Waals surface area contributed by atoms with Gasteiger partial charge >= 0.3 is 11.9 Å². The van der Waals surface area contributed by atoms with Crippen molar-refractivity contribution in [1.82, 2.24) is 0 Å². The van der Waals surface area contributed by atoms with Crippen molar-refractivity contribution in [2.24, 2.45) is 11.5 Å². The van der Waals surface area contributed by atoms with E-state index in [2.05, 4.69) is 0 Å². The molecule has 1 unspecified atom stereocenters. The minimum absolute atomic E-state index is 0. The lowest BCUT2D eigenvalue weighted by molar-refractivity contribution is -0.146. The molecule has 7 heteroatoms. The maximum absolute atomic E-state index is 11.9. The Hall–Kier alpha value is -2.41. The molecule has 152 valence electrons. The summed E-state index contributed by atoms with van der Waals surface area (Å²) < 4.78 is 10.4. The molecule has 0 bridgehead atoms. The second-order valence-corrected chi connectivity index (χ2v) is 6.33. The molecule has 0 spiro atoms. The van der Waals surface area contributed by atoms with E-state index in [-0.39, 0.29) is 25.6 Å². The highest BCUT2D eigenvalue weighted by Gasteiger charge is 2.18. The highest BCUT2D eigenvalue weighted by atomic mass is 35.5. The lowest BCUT2D eigenvalue weighted by atomic mass is 10.1. The van der Waals surface area contributed by atoms with Crippen LogP contribution in [0.15, 0.2) is 60.7 Å². The lowest BCUT2D eigenvalue weighted by Gasteiger charge is -2.14. The molecule has 0 saturated carbocycles. The molecule has 0 aliphatic carbocycles. The van der Waals surface area contributed by atoms with E-state index in [4.69, 9.17) is 20.9 Å². The molecule has 0 fully saturated rings. The summed E-state index contributed by atoms with van der Waals surface area (Å²) in [5.74, 6) is -0.918. The molecule has 0 aromatic heterocycles. The Kier molecular flexibility index (Phi) is 10.9. The highest BCUT2D eigenvalue weighted by molar-refractivity contribution is 5.85. The SMILES string of the molecule is Cl.NC(CCC[C@H](N)C(=O)OCc1ccccc1)C(=O)OCc1ccccc1. The molecule has 2 aromatic rings. The maximum atomic E-state index is 11.9. The predicted octanol–water partition coefficient (Wildman–Crippen LogP) is 2.72. The number of rotatable bonds is 10. The number of benzene rings is 2. The molecule has 0 aliphatic rings. The Morgan fingerprint density at radius 3 is 1.43 bits per heavy atom. The van der Waals surface area contributed by atoms with Gasteiger partial charge in [0.15, 0.2) is 0 Å². The average molecular weight is 407 g/mol. The molecular weight excluding hydrogens is 380 g/mol. The van der Waals surface area contributed by atoms with Crippen molar-refractivity contribution < 1.29 is 19.1 Å². The van der Waals surface area contributed by atoms with Crippen LogP contribution in [0.3, 0.4) is 0 Å². The monoisotopic (exact) mass is 406 g/mol. The van der Waals surface area contributed by atoms with Crippen LogP contribution in [-0.2, 0) is 32.3 Å². The average Bonchev–Trinajstić information content (AvgIpc) is 2.71. The van der Waals surface area contributed by atoms with Gasteiger partial charge in [0.1, 0.15) is 25.3 Å². The summed E-state index contributed by atoms with van der Waals surface area (Å²) in [4.78, 5) is 23.8. The standard InChI is InChI=1S/C21H26N2O4.ClH/c22-18(20(24)26-14-16-8-3-1-4-9-16)12-7-13-19(23)21(25)27-15-17-10-5-2-6-11-17;/h1-6,8-11,18-19H,7,12-15,22-23H2;1H/t18-,19?;/m0./s1. The van der Waals surface area contributed by atoms with Crippen molar-refractivity contribution in [2.75, 3.05) is 0 Å². The molecule has 0 radical (unpaired) electrons. The number of hydrogen-bond donors (Lipinski definition) is 2. The van der Waals surface area contributed by atoms with E-state index in [9.17, 15) is 9.59 Å². The minimum Gasteiger partial charge on any atom is -0.460 e. The van der Waals surface area contributed by atoms with Gasteiger partial charge in [-0.3, -0.25) is 9.59 Å². The molecule has 4 N–H and O–H groups in total. The fourth-order valence-corrected chi connectivity index (χ4v) is 2.46. The number of halogens is 1. The Labute approximate surface area is 171 Å². The van der Waals surface area contributed by atoms with Gasteiger partial charge in [-0.15, -0.1) is 12.4 Å². The fourth-order valence-electron chi connectivity index (χ4n) is 2.46. The topological polar surface area (TPSA) is 105 Å². The molecule has 0 aliphatic heterocycles. The van der Waals surface area contributed by atoms with Gasteiger partial charge in [0.25, 0.3) is 0 Å². The Morgan fingerprint density at radius 2 is 1.07 bits per heavy atom. The van der Waals surface area contributed by atoms with Crippen LogP contribution >= 0.6 is 12.4 Å². The first-order valence-corrected chi connectivity index (χ1v) is 8.98. The van der Waals surface area contributed by atoms with Gasteiger partial charge in [-0.1, -0.05) is 60.7 Å². The Morgan fingerprint density at radius 1 is 0.714 bits per heavy atom. The normalized spacial score (nSPS) is 12.4. The molecular formula is C21H27ClN2O4. The number of esters is 2. The van der Waals surface area contributed by atoms with E-state index < -0.39 is 24.0 Å². The number of nitrogens with two attached hydrogens (primary N) is 2. The van der Waals surface area contributed by atoms with Crippen LogP contribution in [0, 0.1) is 0 Å². The first-order valence-electron chi connectivity index (χ1n) is 8.98. The van der Waals surface area contributed by atoms with Crippen molar-refractivity contribution in [3.63, 3.8) is 0 Å². The highest BCUT2D eigenvalue weighted by Crippen LogP contribution is 2.08. The Bertz CT molecular complexity index is 651. The van der Waals surface area contributed by atoms with Gasteiger partial charge in [0, 0.05) is 0 Å². The summed E-state index contributed by atoms with van der Waals surface area (Å²) in [6, 6.07) is 17.3. The van der Waals surface area contributed by atoms with Crippen LogP contribution in [0.4, 0.5) is 0 Å². The smallest absolute Gasteiger partial charge is 0.323 e. The molecule has 2 atom stereocenters. The summed E-state index contributed by atoms with van der Waals surface area (Å²) >= 11 is 0. The molecule has 28 heavy (non-hydrogen) atoms. The van der Waals surface area contributed by atoms with Crippen molar-refractivity contribution in [3.05, 3.63) is 71.8 Å². The van der Waals surface area contributed by atoms with Crippen LogP contribution in [-0.4, -0.2) is 24.0 Å². The van der Waals surface area contributed by atoms with Crippen LogP contribution in [0.5, 0.6) is 0 Å². The molecule has 0 amide bonds. The van der Waals surface area contributed by atoms with Crippen molar-refractivity contribution in [1.29, 1.82) is 0 Å². The van der Waals surface area contributed by atoms with Crippen LogP contribution in [0.2, 0.25) is 0 Å². The van der Waals surface area contributed by atoms with E-state index in [1.807, 2.05) is 60.7 Å². The number of ether oxygens (including phenoxy) is 2. The van der Waals surface area contributed by atoms with Crippen LogP contribution < -0.4 is 11.5 Å². The molecule has 2 rings (SSSR count). The van der Waals surface area contributed by atoms with E-state index in [1.54, 1.807) is 0 Å². The van der Waals surface area contributed by atoms with E-state index in [1.165, 1.54) is 0 Å². The fraction of sp³-hybridized carbons (Fsp3) is 0.333. The Balaban J connectivity index is 0.00000392. The number of carbonyl (C=O) groups excluding carboxylic acids is 2. The molecule has 6 nitrogen and oxygen atoms in total. The molecule has 0 heterocycles. The third-order valence-electron chi connectivity index (χ3n) is 4.08. The number of carbonyl (C=O) groups is 2. The summed E-state index contributed by atoms with van der Waals surface area (Å²) in [5, 5.41) is 0. The van der Waals surface area contributed by atoms with Gasteiger partial charge in [0.05, 0.1) is 0 Å². The second kappa shape index (κ2) is 12.9. The second-order valence-electron chi connectivity index (χ2n) is 6.33. The lowest BCUT2D eigenvalue weighted by Crippen LogP contribution is -2.35. The van der Waals surface area contributed by atoms with Gasteiger partial charge < -0.3 is 20.9 Å². The third-order valence-corrected chi connectivity index (χ3v) is 4.08. The summed E-state index contributed by atoms with van der Waals surface area (Å²) in [6.07, 6.45) is 1.32. The summed E-state index contributed by atoms with van der Waals surface area (Å²) in [5.41, 5.74) is 13.5. The quantitative estimate of drug-likeness (QED) is 0.588. The zero-order valence-corrected chi connectivity index (χ0v) is 16.5. The van der Waals surface area contributed by atoms with Gasteiger partial charge in [0.2, 0.25) is 0 Å². The summed E-state index contributed by atoms with van der Waals surface area (Å²) in [6.45, 7) is 0.386. The van der Waals surface area contributed by atoms with Crippen molar-refractivity contribution >= 4 is 24.3 Å². The predicted molar refractivity (Wildman–Crippen MR) is 110 cm³/mol. The van der Waals surface area contributed by atoms with Gasteiger partial charge in [-0.05, 0) is 30.4 Å². The van der Waals surface area contributed by atoms with Crippen LogP contribution in [0.1, 0.15) is 30.4 Å². The van der Waals surface area contributed by atoms with E-state index in [0.717, 1.165) is 11.1 Å². The zero-order valence-electron chi connectivity index (χ0n) is 15.7. The van der Waals surface area contributed by atoms with Gasteiger partial charge in [-0.25, -0.2) is 0 Å². The van der Waals surface area contributed by atoms with E-state index in [0.29, 0.717) is 19.3 Å². The zero-order chi connectivity index (χ0) is 19.5. The summed E-state index contributed by atoms with van der Waals surface area (Å²) in [7, 11) is 0. The molecule has 0 saturated heterocycles. The van der Waals surface area contributed by atoms with Crippen molar-refractivity contribution in [2.45, 2.75) is 44.6 Å². The third kappa shape index (κ3) is 8.52. The first kappa shape index (κ1) is 23.6. The molecule has 2 aromatic carbocycles. The van der Waals surface area contributed by atoms with E-state index >= 15 is 0 Å². The van der Waals surface area contributed by atoms with Crippen LogP contribution in [0.25, 0.3) is 0 Å². The largest absolute Gasteiger partial charge is 0.460 e. The first-order chi connectivity index (χ1) is 13.1. The van der Waals surface area contributed by atoms with Gasteiger partial charge in [-0.2, -0.15) is 0 Å². The maximum Gasteiger partial charge on any atom is 0.323 e. The minimum atomic E-state index is -0.735. The van der Waals surface area contributed by atoms with Crippen molar-refractivity contribution in [3.8, 4) is 0 Å².